The van der Waals surface area contributed by atoms with Crippen molar-refractivity contribution >= 4 is 27.3 Å². The number of hydrogen-bond acceptors (Lipinski definition) is 2. The molecule has 0 aliphatic heterocycles. The Morgan fingerprint density at radius 2 is 1.90 bits per heavy atom. The van der Waals surface area contributed by atoms with Gasteiger partial charge in [-0.3, -0.25) is 0 Å². The minimum Gasteiger partial charge on any atom is -0.339 e. The van der Waals surface area contributed by atoms with E-state index < -0.39 is 5.82 Å². The highest BCUT2D eigenvalue weighted by molar-refractivity contribution is 9.10. The summed E-state index contributed by atoms with van der Waals surface area (Å²) in [4.78, 5) is 1.95. The molecule has 0 saturated heterocycles. The molecule has 0 aliphatic carbocycles. The summed E-state index contributed by atoms with van der Waals surface area (Å²) in [6.07, 6.45) is 1.99. The molecule has 4 heteroatoms. The molecule has 108 valence electrons. The topological polar surface area (TPSA) is 27.0 Å². The van der Waals surface area contributed by atoms with Gasteiger partial charge in [0.2, 0.25) is 0 Å². The zero-order valence-electron chi connectivity index (χ0n) is 11.8. The van der Waals surface area contributed by atoms with Crippen LogP contribution in [0.2, 0.25) is 0 Å². The molecule has 0 saturated carbocycles. The predicted molar refractivity (Wildman–Crippen MR) is 87.2 cm³/mol. The number of anilines is 2. The van der Waals surface area contributed by atoms with Crippen LogP contribution in [0.5, 0.6) is 0 Å². The number of nitriles is 1. The van der Waals surface area contributed by atoms with Crippen LogP contribution < -0.4 is 4.90 Å². The molecular weight excluding hydrogens is 331 g/mol. The van der Waals surface area contributed by atoms with Crippen LogP contribution in [0.15, 0.2) is 46.9 Å². The van der Waals surface area contributed by atoms with E-state index in [9.17, 15) is 4.39 Å². The number of para-hydroxylation sites is 1. The number of benzene rings is 2. The summed E-state index contributed by atoms with van der Waals surface area (Å²) < 4.78 is 14.8. The van der Waals surface area contributed by atoms with E-state index in [0.717, 1.165) is 25.1 Å². The fourth-order valence-electron chi connectivity index (χ4n) is 2.15. The molecule has 0 aromatic heterocycles. The van der Waals surface area contributed by atoms with Crippen molar-refractivity contribution in [1.82, 2.24) is 0 Å². The van der Waals surface area contributed by atoms with Gasteiger partial charge in [0.15, 0.2) is 5.82 Å². The van der Waals surface area contributed by atoms with E-state index in [1.54, 1.807) is 12.1 Å². The van der Waals surface area contributed by atoms with Gasteiger partial charge in [-0.25, -0.2) is 4.39 Å². The van der Waals surface area contributed by atoms with Crippen molar-refractivity contribution in [3.63, 3.8) is 0 Å². The first-order valence-electron chi connectivity index (χ1n) is 6.89. The predicted octanol–water partition coefficient (Wildman–Crippen LogP) is 5.40. The van der Waals surface area contributed by atoms with Gasteiger partial charge in [-0.1, -0.05) is 31.5 Å². The van der Waals surface area contributed by atoms with Gasteiger partial charge in [-0.05, 0) is 46.6 Å². The maximum Gasteiger partial charge on any atom is 0.162 e. The van der Waals surface area contributed by atoms with Crippen LogP contribution in [0.25, 0.3) is 0 Å². The summed E-state index contributed by atoms with van der Waals surface area (Å²) in [5.41, 5.74) is 1.74. The molecule has 0 fully saturated rings. The lowest BCUT2D eigenvalue weighted by Gasteiger charge is -2.26. The quantitative estimate of drug-likeness (QED) is 0.724. The molecule has 2 aromatic rings. The molecule has 2 rings (SSSR count). The third kappa shape index (κ3) is 3.43. The number of hydrogen-bond donors (Lipinski definition) is 0. The summed E-state index contributed by atoms with van der Waals surface area (Å²) in [5, 5.41) is 8.97. The van der Waals surface area contributed by atoms with Crippen LogP contribution in [0.1, 0.15) is 25.3 Å². The van der Waals surface area contributed by atoms with Crippen molar-refractivity contribution in [1.29, 1.82) is 5.26 Å². The van der Waals surface area contributed by atoms with Crippen LogP contribution in [0.3, 0.4) is 0 Å². The summed E-state index contributed by atoms with van der Waals surface area (Å²) in [7, 11) is 0. The molecule has 0 unspecified atom stereocenters. The van der Waals surface area contributed by atoms with Crippen molar-refractivity contribution in [2.24, 2.45) is 0 Å². The number of unbranched alkanes of at least 4 members (excludes halogenated alkanes) is 1. The zero-order valence-corrected chi connectivity index (χ0v) is 13.4. The van der Waals surface area contributed by atoms with Gasteiger partial charge in [-0.2, -0.15) is 5.26 Å². The number of halogens is 2. The monoisotopic (exact) mass is 346 g/mol. The normalized spacial score (nSPS) is 10.2. The number of rotatable bonds is 5. The van der Waals surface area contributed by atoms with E-state index in [1.807, 2.05) is 41.3 Å². The van der Waals surface area contributed by atoms with Crippen molar-refractivity contribution in [2.45, 2.75) is 19.8 Å². The summed E-state index contributed by atoms with van der Waals surface area (Å²) in [5.74, 6) is -0.394. The average molecular weight is 347 g/mol. The van der Waals surface area contributed by atoms with Gasteiger partial charge < -0.3 is 4.90 Å². The smallest absolute Gasteiger partial charge is 0.162 e. The maximum atomic E-state index is 14.6. The lowest BCUT2D eigenvalue weighted by atomic mass is 10.1. The zero-order chi connectivity index (χ0) is 15.2. The minimum absolute atomic E-state index is 0.222. The molecule has 0 aliphatic rings. The van der Waals surface area contributed by atoms with Crippen molar-refractivity contribution in [2.75, 3.05) is 11.4 Å². The Balaban J connectivity index is 2.47. The molecule has 0 spiro atoms. The molecule has 21 heavy (non-hydrogen) atoms. The van der Waals surface area contributed by atoms with E-state index >= 15 is 0 Å². The maximum absolute atomic E-state index is 14.6. The summed E-state index contributed by atoms with van der Waals surface area (Å²) >= 11 is 3.18. The molecule has 0 atom stereocenters. The third-order valence-electron chi connectivity index (χ3n) is 3.28. The fraction of sp³-hybridized carbons (Fsp3) is 0.235. The average Bonchev–Trinajstić information content (AvgIpc) is 2.52. The Hall–Kier alpha value is -1.86. The van der Waals surface area contributed by atoms with E-state index in [2.05, 4.69) is 22.9 Å². The van der Waals surface area contributed by atoms with E-state index in [-0.39, 0.29) is 4.47 Å². The van der Waals surface area contributed by atoms with Crippen LogP contribution in [0, 0.1) is 17.1 Å². The Labute approximate surface area is 132 Å². The molecule has 0 amide bonds. The largest absolute Gasteiger partial charge is 0.339 e. The lowest BCUT2D eigenvalue weighted by molar-refractivity contribution is 0.615. The first-order chi connectivity index (χ1) is 10.2. The first kappa shape index (κ1) is 15.5. The minimum atomic E-state index is -0.394. The Morgan fingerprint density at radius 1 is 1.19 bits per heavy atom. The second-order valence-corrected chi connectivity index (χ2v) is 5.51. The second kappa shape index (κ2) is 7.24. The molecule has 2 aromatic carbocycles. The van der Waals surface area contributed by atoms with Gasteiger partial charge >= 0.3 is 0 Å². The van der Waals surface area contributed by atoms with Crippen molar-refractivity contribution < 1.29 is 4.39 Å². The summed E-state index contributed by atoms with van der Waals surface area (Å²) in [6.45, 7) is 2.84. The van der Waals surface area contributed by atoms with Crippen LogP contribution in [-0.4, -0.2) is 6.54 Å². The number of nitrogens with zero attached hydrogens (tertiary/aromatic N) is 2. The van der Waals surface area contributed by atoms with Crippen LogP contribution in [-0.2, 0) is 0 Å². The van der Waals surface area contributed by atoms with E-state index in [4.69, 9.17) is 5.26 Å². The van der Waals surface area contributed by atoms with E-state index in [0.29, 0.717) is 11.3 Å². The lowest BCUT2D eigenvalue weighted by Crippen LogP contribution is -2.19. The van der Waals surface area contributed by atoms with E-state index in [1.165, 1.54) is 0 Å². The first-order valence-corrected chi connectivity index (χ1v) is 7.69. The van der Waals surface area contributed by atoms with Crippen LogP contribution in [0.4, 0.5) is 15.8 Å². The second-order valence-electron chi connectivity index (χ2n) is 4.71. The SMILES string of the molecule is CCCCN(c1ccccc1)c1ccc(C#N)c(Br)c1F. The standard InChI is InChI=1S/C17H16BrFN2/c1-2-3-11-21(14-7-5-4-6-8-14)15-10-9-13(12-20)16(18)17(15)19/h4-10H,2-3,11H2,1H3. The fourth-order valence-corrected chi connectivity index (χ4v) is 2.57. The summed E-state index contributed by atoms with van der Waals surface area (Å²) in [6, 6.07) is 15.0. The molecular formula is C17H16BrFN2. The highest BCUT2D eigenvalue weighted by atomic mass is 79.9. The van der Waals surface area contributed by atoms with Gasteiger partial charge in [0.25, 0.3) is 0 Å². The highest BCUT2D eigenvalue weighted by Gasteiger charge is 2.17. The van der Waals surface area contributed by atoms with Crippen molar-refractivity contribution in [3.8, 4) is 6.07 Å². The third-order valence-corrected chi connectivity index (χ3v) is 4.05. The Morgan fingerprint density at radius 3 is 2.52 bits per heavy atom. The van der Waals surface area contributed by atoms with Crippen molar-refractivity contribution in [3.05, 3.63) is 58.3 Å². The van der Waals surface area contributed by atoms with Gasteiger partial charge in [0, 0.05) is 12.2 Å². The molecule has 2 nitrogen and oxygen atoms in total. The molecule has 0 heterocycles. The van der Waals surface area contributed by atoms with Gasteiger partial charge in [-0.15, -0.1) is 0 Å². The highest BCUT2D eigenvalue weighted by Crippen LogP contribution is 2.33. The van der Waals surface area contributed by atoms with Crippen LogP contribution >= 0.6 is 15.9 Å². The molecule has 0 bridgehead atoms. The van der Waals surface area contributed by atoms with Gasteiger partial charge in [0.05, 0.1) is 15.7 Å². The molecule has 0 N–H and O–H groups in total. The van der Waals surface area contributed by atoms with Gasteiger partial charge in [0.1, 0.15) is 6.07 Å². The Kier molecular flexibility index (Phi) is 5.35. The Bertz CT molecular complexity index is 650. The molecule has 0 radical (unpaired) electrons.